The van der Waals surface area contributed by atoms with Crippen molar-refractivity contribution in [3.63, 3.8) is 0 Å². The van der Waals surface area contributed by atoms with Gasteiger partial charge in [0.1, 0.15) is 5.82 Å². The minimum absolute atomic E-state index is 0. The molecule has 1 N–H and O–H groups in total. The van der Waals surface area contributed by atoms with Crippen molar-refractivity contribution in [2.45, 2.75) is 18.9 Å². The predicted molar refractivity (Wildman–Crippen MR) is 85.8 cm³/mol. The van der Waals surface area contributed by atoms with Crippen LogP contribution in [0.3, 0.4) is 0 Å². The highest BCUT2D eigenvalue weighted by Gasteiger charge is 2.37. The molecule has 2 nitrogen and oxygen atoms in total. The van der Waals surface area contributed by atoms with Crippen LogP contribution in [0.1, 0.15) is 24.4 Å². The van der Waals surface area contributed by atoms with Gasteiger partial charge in [0, 0.05) is 37.2 Å². The first kappa shape index (κ1) is 18.0. The number of nitrogens with one attached hydrogen (secondary N) is 1. The average Bonchev–Trinajstić information content (AvgIpc) is 3.20. The van der Waals surface area contributed by atoms with Gasteiger partial charge in [-0.05, 0) is 42.5 Å². The third kappa shape index (κ3) is 3.99. The van der Waals surface area contributed by atoms with Crippen LogP contribution in [0.4, 0.5) is 4.39 Å². The van der Waals surface area contributed by atoms with Crippen LogP contribution in [0.2, 0.25) is 5.02 Å². The summed E-state index contributed by atoms with van der Waals surface area (Å²) in [5.41, 5.74) is 0.973. The van der Waals surface area contributed by atoms with E-state index >= 15 is 0 Å². The van der Waals surface area contributed by atoms with E-state index < -0.39 is 0 Å². The minimum Gasteiger partial charge on any atom is -0.314 e. The summed E-state index contributed by atoms with van der Waals surface area (Å²) in [6.07, 6.45) is 2.48. The van der Waals surface area contributed by atoms with Gasteiger partial charge in [-0.15, -0.1) is 24.8 Å². The zero-order valence-electron chi connectivity index (χ0n) is 11.1. The van der Waals surface area contributed by atoms with Gasteiger partial charge >= 0.3 is 0 Å². The molecule has 0 bridgehead atoms. The number of benzene rings is 1. The molecule has 1 aromatic rings. The molecule has 1 atom stereocenters. The maximum atomic E-state index is 13.5. The van der Waals surface area contributed by atoms with E-state index in [0.29, 0.717) is 17.0 Å². The van der Waals surface area contributed by atoms with Crippen LogP contribution < -0.4 is 5.32 Å². The van der Waals surface area contributed by atoms with Crippen molar-refractivity contribution in [3.05, 3.63) is 34.6 Å². The maximum absolute atomic E-state index is 13.5. The number of rotatable bonds is 3. The maximum Gasteiger partial charge on any atom is 0.123 e. The van der Waals surface area contributed by atoms with Crippen molar-refractivity contribution in [1.82, 2.24) is 10.2 Å². The number of piperazine rings is 1. The molecular weight excluding hydrogens is 322 g/mol. The van der Waals surface area contributed by atoms with Crippen LogP contribution >= 0.6 is 36.4 Å². The molecule has 2 aliphatic rings. The standard InChI is InChI=1S/C14H18ClFN2.2ClH/c15-13-4-3-11(16)9-12(13)14(10-1-2-10)18-7-5-17-6-8-18;;/h3-4,9-10,14,17H,1-2,5-8H2;2*1H/t14-;;/m1../s1. The molecule has 1 saturated heterocycles. The molecule has 0 radical (unpaired) electrons. The molecule has 2 fully saturated rings. The van der Waals surface area contributed by atoms with E-state index in [9.17, 15) is 4.39 Å². The smallest absolute Gasteiger partial charge is 0.123 e. The van der Waals surface area contributed by atoms with E-state index in [4.69, 9.17) is 11.6 Å². The average molecular weight is 342 g/mol. The number of hydrogen-bond donors (Lipinski definition) is 1. The Bertz CT molecular complexity index is 434. The van der Waals surface area contributed by atoms with Crippen LogP contribution in [-0.4, -0.2) is 31.1 Å². The summed E-state index contributed by atoms with van der Waals surface area (Å²) in [7, 11) is 0. The summed E-state index contributed by atoms with van der Waals surface area (Å²) in [5.74, 6) is 0.470. The van der Waals surface area contributed by atoms with Crippen molar-refractivity contribution in [1.29, 1.82) is 0 Å². The fraction of sp³-hybridized carbons (Fsp3) is 0.571. The van der Waals surface area contributed by atoms with Gasteiger partial charge in [-0.2, -0.15) is 0 Å². The van der Waals surface area contributed by atoms with Gasteiger partial charge in [0.15, 0.2) is 0 Å². The summed E-state index contributed by atoms with van der Waals surface area (Å²) >= 11 is 6.27. The quantitative estimate of drug-likeness (QED) is 0.902. The van der Waals surface area contributed by atoms with Gasteiger partial charge in [0.2, 0.25) is 0 Å². The molecule has 1 aromatic carbocycles. The second-order valence-electron chi connectivity index (χ2n) is 5.23. The molecule has 0 aromatic heterocycles. The highest BCUT2D eigenvalue weighted by Crippen LogP contribution is 2.46. The zero-order valence-corrected chi connectivity index (χ0v) is 13.5. The summed E-state index contributed by atoms with van der Waals surface area (Å²) < 4.78 is 13.5. The van der Waals surface area contributed by atoms with Gasteiger partial charge in [-0.1, -0.05) is 11.6 Å². The molecule has 20 heavy (non-hydrogen) atoms. The van der Waals surface area contributed by atoms with Gasteiger partial charge in [-0.25, -0.2) is 4.39 Å². The Hall–Kier alpha value is -0.0600. The lowest BCUT2D eigenvalue weighted by atomic mass is 9.99. The predicted octanol–water partition coefficient (Wildman–Crippen LogP) is 3.68. The first-order chi connectivity index (χ1) is 8.75. The van der Waals surface area contributed by atoms with Crippen molar-refractivity contribution >= 4 is 36.4 Å². The Balaban J connectivity index is 0.000001000. The molecule has 1 aliphatic carbocycles. The second kappa shape index (κ2) is 7.81. The molecule has 0 amide bonds. The molecule has 3 rings (SSSR count). The van der Waals surface area contributed by atoms with Crippen LogP contribution in [-0.2, 0) is 0 Å². The molecule has 1 heterocycles. The first-order valence-electron chi connectivity index (χ1n) is 6.65. The van der Waals surface area contributed by atoms with Crippen molar-refractivity contribution < 1.29 is 4.39 Å². The first-order valence-corrected chi connectivity index (χ1v) is 7.03. The van der Waals surface area contributed by atoms with Crippen LogP contribution in [0.15, 0.2) is 18.2 Å². The summed E-state index contributed by atoms with van der Waals surface area (Å²) in [4.78, 5) is 2.45. The molecule has 0 spiro atoms. The van der Waals surface area contributed by atoms with E-state index in [-0.39, 0.29) is 30.6 Å². The van der Waals surface area contributed by atoms with Gasteiger partial charge in [0.05, 0.1) is 0 Å². The van der Waals surface area contributed by atoms with E-state index in [1.165, 1.54) is 18.9 Å². The van der Waals surface area contributed by atoms with Gasteiger partial charge < -0.3 is 5.32 Å². The number of hydrogen-bond acceptors (Lipinski definition) is 2. The molecule has 6 heteroatoms. The van der Waals surface area contributed by atoms with Crippen LogP contribution in [0.25, 0.3) is 0 Å². The van der Waals surface area contributed by atoms with E-state index in [2.05, 4.69) is 10.2 Å². The van der Waals surface area contributed by atoms with Crippen LogP contribution in [0.5, 0.6) is 0 Å². The summed E-state index contributed by atoms with van der Waals surface area (Å²) in [6, 6.07) is 5.04. The van der Waals surface area contributed by atoms with E-state index in [1.807, 2.05) is 0 Å². The monoisotopic (exact) mass is 340 g/mol. The van der Waals surface area contributed by atoms with Gasteiger partial charge in [0.25, 0.3) is 0 Å². The van der Waals surface area contributed by atoms with Crippen molar-refractivity contribution in [2.75, 3.05) is 26.2 Å². The lowest BCUT2D eigenvalue weighted by Gasteiger charge is -2.35. The van der Waals surface area contributed by atoms with Crippen LogP contribution in [0, 0.1) is 11.7 Å². The number of nitrogens with zero attached hydrogens (tertiary/aromatic N) is 1. The Labute approximate surface area is 136 Å². The van der Waals surface area contributed by atoms with Crippen molar-refractivity contribution in [2.24, 2.45) is 5.92 Å². The SMILES string of the molecule is Cl.Cl.Fc1ccc(Cl)c([C@@H](C2CC2)N2CCNCC2)c1. The molecule has 0 unspecified atom stereocenters. The normalized spacial score (nSPS) is 20.7. The fourth-order valence-electron chi connectivity index (χ4n) is 2.86. The molecule has 1 aliphatic heterocycles. The third-order valence-corrected chi connectivity index (χ3v) is 4.23. The largest absolute Gasteiger partial charge is 0.314 e. The lowest BCUT2D eigenvalue weighted by Crippen LogP contribution is -2.45. The molecule has 1 saturated carbocycles. The minimum atomic E-state index is -0.185. The highest BCUT2D eigenvalue weighted by molar-refractivity contribution is 6.31. The Kier molecular flexibility index (Phi) is 7.02. The highest BCUT2D eigenvalue weighted by atomic mass is 35.5. The topological polar surface area (TPSA) is 15.3 Å². The fourth-order valence-corrected chi connectivity index (χ4v) is 3.09. The van der Waals surface area contributed by atoms with E-state index in [1.54, 1.807) is 12.1 Å². The van der Waals surface area contributed by atoms with Crippen molar-refractivity contribution in [3.8, 4) is 0 Å². The van der Waals surface area contributed by atoms with E-state index in [0.717, 1.165) is 31.7 Å². The second-order valence-corrected chi connectivity index (χ2v) is 5.64. The summed E-state index contributed by atoms with van der Waals surface area (Å²) in [6.45, 7) is 4.06. The number of halogens is 4. The Morgan fingerprint density at radius 1 is 1.20 bits per heavy atom. The van der Waals surface area contributed by atoms with Gasteiger partial charge in [-0.3, -0.25) is 4.90 Å². The summed E-state index contributed by atoms with van der Waals surface area (Å²) in [5, 5.41) is 4.06. The molecule has 114 valence electrons. The Morgan fingerprint density at radius 3 is 2.45 bits per heavy atom. The zero-order chi connectivity index (χ0) is 12.5. The lowest BCUT2D eigenvalue weighted by molar-refractivity contribution is 0.156. The third-order valence-electron chi connectivity index (χ3n) is 3.89. The Morgan fingerprint density at radius 2 is 1.85 bits per heavy atom. The molecular formula is C14H20Cl3FN2.